The van der Waals surface area contributed by atoms with E-state index in [-0.39, 0.29) is 25.5 Å². The van der Waals surface area contributed by atoms with Crippen LogP contribution < -0.4 is 10.2 Å². The lowest BCUT2D eigenvalue weighted by atomic mass is 10.0. The first-order valence-electron chi connectivity index (χ1n) is 28.6. The quantitative estimate of drug-likeness (QED) is 0.0272. The van der Waals surface area contributed by atoms with Crippen LogP contribution in [0.5, 0.6) is 0 Å². The molecular formula is C59H111N2O6P. The van der Waals surface area contributed by atoms with E-state index in [9.17, 15) is 19.4 Å². The van der Waals surface area contributed by atoms with Crippen LogP contribution in [0.2, 0.25) is 0 Å². The summed E-state index contributed by atoms with van der Waals surface area (Å²) in [5, 5.41) is 14.0. The number of quaternary nitrogens is 1. The number of amides is 1. The minimum atomic E-state index is -4.59. The van der Waals surface area contributed by atoms with E-state index < -0.39 is 20.0 Å². The van der Waals surface area contributed by atoms with Crippen molar-refractivity contribution in [1.82, 2.24) is 5.32 Å². The van der Waals surface area contributed by atoms with Gasteiger partial charge in [-0.05, 0) is 51.4 Å². The van der Waals surface area contributed by atoms with Crippen LogP contribution >= 0.6 is 7.82 Å². The van der Waals surface area contributed by atoms with Crippen LogP contribution in [0, 0.1) is 0 Å². The predicted octanol–water partition coefficient (Wildman–Crippen LogP) is 16.7. The van der Waals surface area contributed by atoms with Crippen molar-refractivity contribution in [2.24, 2.45) is 0 Å². The van der Waals surface area contributed by atoms with Gasteiger partial charge in [-0.2, -0.15) is 0 Å². The number of phosphoric acid groups is 1. The van der Waals surface area contributed by atoms with E-state index in [1.54, 1.807) is 0 Å². The molecule has 0 rings (SSSR count). The molecule has 1 amide bonds. The van der Waals surface area contributed by atoms with E-state index >= 15 is 0 Å². The zero-order valence-corrected chi connectivity index (χ0v) is 46.2. The number of aliphatic hydroxyl groups is 1. The molecule has 0 radical (unpaired) electrons. The molecule has 2 N–H and O–H groups in total. The van der Waals surface area contributed by atoms with Gasteiger partial charge in [0.15, 0.2) is 0 Å². The Kier molecular flexibility index (Phi) is 48.8. The highest BCUT2D eigenvalue weighted by Gasteiger charge is 2.24. The molecule has 3 atom stereocenters. The SMILES string of the molecule is CC/C=C\C/C=C\C/C=C\C/C=C\C/C=C\CCCC(=O)NC(COP(=O)([O-])OCC[N+](C)(C)C)C(O)CCCCCCCCCCCCCCCCCCCCCCCCCCCCCCC. The number of phosphoric ester groups is 1. The van der Waals surface area contributed by atoms with E-state index in [0.717, 1.165) is 57.8 Å². The Balaban J connectivity index is 4.16. The lowest BCUT2D eigenvalue weighted by Crippen LogP contribution is -2.46. The summed E-state index contributed by atoms with van der Waals surface area (Å²) in [5.41, 5.74) is 0. The smallest absolute Gasteiger partial charge is 0.268 e. The van der Waals surface area contributed by atoms with Crippen molar-refractivity contribution in [3.8, 4) is 0 Å². The van der Waals surface area contributed by atoms with Gasteiger partial charge in [-0.25, -0.2) is 0 Å². The molecule has 0 aliphatic heterocycles. The second-order valence-corrected chi connectivity index (χ2v) is 22.0. The topological polar surface area (TPSA) is 108 Å². The normalized spacial score (nSPS) is 14.4. The molecule has 0 aromatic carbocycles. The highest BCUT2D eigenvalue weighted by molar-refractivity contribution is 7.45. The van der Waals surface area contributed by atoms with Gasteiger partial charge in [0.05, 0.1) is 39.9 Å². The maximum Gasteiger partial charge on any atom is 0.268 e. The van der Waals surface area contributed by atoms with Gasteiger partial charge in [0.2, 0.25) is 5.91 Å². The molecular weight excluding hydrogens is 864 g/mol. The number of carbonyl (C=O) groups excluding carboxylic acids is 1. The first-order chi connectivity index (χ1) is 33.0. The number of nitrogens with one attached hydrogen (secondary N) is 1. The number of likely N-dealkylation sites (N-methyl/N-ethyl adjacent to an activating group) is 1. The first kappa shape index (κ1) is 66.2. The Labute approximate surface area is 422 Å². The van der Waals surface area contributed by atoms with Crippen LogP contribution in [0.3, 0.4) is 0 Å². The Morgan fingerprint density at radius 2 is 0.882 bits per heavy atom. The van der Waals surface area contributed by atoms with E-state index in [1.807, 2.05) is 21.1 Å². The van der Waals surface area contributed by atoms with Crippen molar-refractivity contribution in [2.75, 3.05) is 40.9 Å². The van der Waals surface area contributed by atoms with Gasteiger partial charge in [-0.15, -0.1) is 0 Å². The monoisotopic (exact) mass is 975 g/mol. The molecule has 9 heteroatoms. The van der Waals surface area contributed by atoms with E-state index in [2.05, 4.69) is 79.9 Å². The number of nitrogens with zero attached hydrogens (tertiary/aromatic N) is 1. The molecule has 0 fully saturated rings. The third kappa shape index (κ3) is 52.0. The molecule has 0 saturated carbocycles. The summed E-state index contributed by atoms with van der Waals surface area (Å²) in [6, 6.07) is -0.834. The van der Waals surface area contributed by atoms with Gasteiger partial charge in [-0.3, -0.25) is 9.36 Å². The third-order valence-corrected chi connectivity index (χ3v) is 13.7. The fraction of sp³-hybridized carbons (Fsp3) is 0.814. The van der Waals surface area contributed by atoms with E-state index in [0.29, 0.717) is 23.9 Å². The number of carbonyl (C=O) groups is 1. The van der Waals surface area contributed by atoms with Gasteiger partial charge in [0.25, 0.3) is 7.82 Å². The van der Waals surface area contributed by atoms with Gasteiger partial charge < -0.3 is 28.8 Å². The highest BCUT2D eigenvalue weighted by Crippen LogP contribution is 2.38. The van der Waals surface area contributed by atoms with Crippen molar-refractivity contribution < 1.29 is 32.9 Å². The van der Waals surface area contributed by atoms with Crippen molar-refractivity contribution in [1.29, 1.82) is 0 Å². The molecule has 8 nitrogen and oxygen atoms in total. The van der Waals surface area contributed by atoms with Crippen LogP contribution in [0.25, 0.3) is 0 Å². The second kappa shape index (κ2) is 50.2. The average Bonchev–Trinajstić information content (AvgIpc) is 3.30. The van der Waals surface area contributed by atoms with Crippen LogP contribution in [0.1, 0.15) is 258 Å². The average molecular weight is 976 g/mol. The maximum atomic E-state index is 12.9. The number of hydrogen-bond acceptors (Lipinski definition) is 6. The summed E-state index contributed by atoms with van der Waals surface area (Å²) < 4.78 is 23.4. The van der Waals surface area contributed by atoms with E-state index in [1.165, 1.54) is 167 Å². The van der Waals surface area contributed by atoms with Crippen LogP contribution in [-0.2, 0) is 18.4 Å². The lowest BCUT2D eigenvalue weighted by molar-refractivity contribution is -0.870. The largest absolute Gasteiger partial charge is 0.756 e. The zero-order chi connectivity index (χ0) is 49.9. The summed E-state index contributed by atoms with van der Waals surface area (Å²) in [6.07, 6.45) is 67.1. The molecule has 0 spiro atoms. The molecule has 398 valence electrons. The maximum absolute atomic E-state index is 12.9. The number of aliphatic hydroxyl groups excluding tert-OH is 1. The van der Waals surface area contributed by atoms with Gasteiger partial charge in [0, 0.05) is 6.42 Å². The Morgan fingerprint density at radius 3 is 1.25 bits per heavy atom. The minimum absolute atomic E-state index is 0.000686. The second-order valence-electron chi connectivity index (χ2n) is 20.6. The van der Waals surface area contributed by atoms with Gasteiger partial charge in [-0.1, -0.05) is 261 Å². The molecule has 0 aromatic heterocycles. The Hall–Kier alpha value is -1.80. The summed E-state index contributed by atoms with van der Waals surface area (Å²) in [4.78, 5) is 25.5. The summed E-state index contributed by atoms with van der Waals surface area (Å²) in [6.45, 7) is 4.58. The van der Waals surface area contributed by atoms with Crippen molar-refractivity contribution >= 4 is 13.7 Å². The minimum Gasteiger partial charge on any atom is -0.756 e. The number of allylic oxidation sites excluding steroid dienone is 10. The highest BCUT2D eigenvalue weighted by atomic mass is 31.2. The fourth-order valence-electron chi connectivity index (χ4n) is 8.31. The molecule has 0 aliphatic carbocycles. The van der Waals surface area contributed by atoms with Gasteiger partial charge in [0.1, 0.15) is 13.2 Å². The van der Waals surface area contributed by atoms with Crippen LogP contribution in [0.15, 0.2) is 60.8 Å². The number of unbranched alkanes of at least 4 members (excludes halogenated alkanes) is 29. The first-order valence-corrected chi connectivity index (χ1v) is 30.1. The van der Waals surface area contributed by atoms with Crippen LogP contribution in [0.4, 0.5) is 0 Å². The zero-order valence-electron chi connectivity index (χ0n) is 45.3. The van der Waals surface area contributed by atoms with E-state index in [4.69, 9.17) is 9.05 Å². The Morgan fingerprint density at radius 1 is 0.529 bits per heavy atom. The Bertz CT molecular complexity index is 1290. The van der Waals surface area contributed by atoms with Crippen molar-refractivity contribution in [3.63, 3.8) is 0 Å². The van der Waals surface area contributed by atoms with Crippen LogP contribution in [-0.4, -0.2) is 68.5 Å². The van der Waals surface area contributed by atoms with Crippen molar-refractivity contribution in [3.05, 3.63) is 60.8 Å². The summed E-state index contributed by atoms with van der Waals surface area (Å²) in [5.74, 6) is -0.220. The summed E-state index contributed by atoms with van der Waals surface area (Å²) in [7, 11) is 1.27. The standard InChI is InChI=1S/C59H111N2O6P/c1-6-8-10-12-14-16-18-20-22-24-25-26-27-28-29-30-31-32-33-34-35-37-38-40-42-44-46-48-50-52-58(62)57(56-67-68(64,65)66-55-54-61(3,4)5)60-59(63)53-51-49-47-45-43-41-39-36-23-21-19-17-15-13-11-9-7-2/h9,11,15,17,21,23,39,41,45,47,57-58,62H,6-8,10,12-14,16,18-20,22,24-38,40,42-44,46,48-56H2,1-5H3,(H-,60,63,64,65)/b11-9-,17-15-,23-21-,41-39-,47-45-. The molecule has 0 heterocycles. The predicted molar refractivity (Wildman–Crippen MR) is 293 cm³/mol. The fourth-order valence-corrected chi connectivity index (χ4v) is 9.04. The molecule has 68 heavy (non-hydrogen) atoms. The lowest BCUT2D eigenvalue weighted by Gasteiger charge is -2.30. The number of rotatable bonds is 52. The molecule has 0 saturated heterocycles. The third-order valence-electron chi connectivity index (χ3n) is 12.8. The summed E-state index contributed by atoms with van der Waals surface area (Å²) >= 11 is 0. The number of hydrogen-bond donors (Lipinski definition) is 2. The van der Waals surface area contributed by atoms with Crippen molar-refractivity contribution in [2.45, 2.75) is 270 Å². The van der Waals surface area contributed by atoms with Gasteiger partial charge >= 0.3 is 0 Å². The molecule has 3 unspecified atom stereocenters. The molecule has 0 aliphatic rings. The molecule has 0 bridgehead atoms. The molecule has 0 aromatic rings.